The molecular weight excluding hydrogens is 171 g/mol. The summed E-state index contributed by atoms with van der Waals surface area (Å²) >= 11 is 17.4. The Kier molecular flexibility index (Phi) is 3.30. The summed E-state index contributed by atoms with van der Waals surface area (Å²) in [7, 11) is 0. The molecule has 0 aromatic carbocycles. The molecule has 6 heavy (non-hydrogen) atoms. The normalized spacial score (nSPS) is 10.2. The first-order valence-corrected chi connectivity index (χ1v) is 6.06. The minimum atomic E-state index is -1.61. The van der Waals surface area contributed by atoms with Gasteiger partial charge in [0.15, 0.2) is 0 Å². The van der Waals surface area contributed by atoms with Gasteiger partial charge in [0.1, 0.15) is 0 Å². The van der Waals surface area contributed by atoms with Gasteiger partial charge in [-0.3, -0.25) is 0 Å². The van der Waals surface area contributed by atoms with Crippen LogP contribution in [0.4, 0.5) is 0 Å². The number of thiol groups is 1. The molecule has 0 aromatic rings. The van der Waals surface area contributed by atoms with Crippen LogP contribution >= 0.6 is 23.7 Å². The third-order valence-electron chi connectivity index (χ3n) is 0.122. The molecule has 0 heterocycles. The molecule has 0 bridgehead atoms. The molecule has 0 amide bonds. The molecule has 0 saturated heterocycles. The molecule has 0 aliphatic carbocycles. The third kappa shape index (κ3) is 5.42. The Morgan fingerprint density at radius 2 is 1.67 bits per heavy atom. The number of hydrogen-bond donors (Lipinski definition) is 1. The summed E-state index contributed by atoms with van der Waals surface area (Å²) in [5.41, 5.74) is 1.35. The van der Waals surface area contributed by atoms with Crippen LogP contribution in [0.5, 0.6) is 0 Å². The standard InChI is InChI=1S/BHS5/c2-1-6(3,4)5/h(H,3,4,5). The van der Waals surface area contributed by atoms with E-state index < -0.39 is 6.03 Å². The Morgan fingerprint density at radius 1 is 1.50 bits per heavy atom. The van der Waals surface area contributed by atoms with Crippen molar-refractivity contribution < 1.29 is 0 Å². The monoisotopic (exact) mass is 172 g/mol. The molecule has 6 heteroatoms. The predicted octanol–water partition coefficient (Wildman–Crippen LogP) is 0.641. The van der Waals surface area contributed by atoms with Gasteiger partial charge in [0, 0.05) is 0 Å². The van der Waals surface area contributed by atoms with Crippen LogP contribution in [0, 0.1) is 0 Å². The van der Waals surface area contributed by atoms with E-state index in [-0.39, 0.29) is 0 Å². The number of rotatable bonds is 1. The van der Waals surface area contributed by atoms with Gasteiger partial charge >= 0.3 is 57.6 Å². The van der Waals surface area contributed by atoms with E-state index in [1.54, 1.807) is 0 Å². The molecule has 0 atom stereocenters. The van der Waals surface area contributed by atoms with Crippen molar-refractivity contribution in [1.29, 1.82) is 0 Å². The van der Waals surface area contributed by atoms with Crippen molar-refractivity contribution in [2.24, 2.45) is 0 Å². The molecule has 0 aromatic heterocycles. The predicted molar refractivity (Wildman–Crippen MR) is 44.4 cm³/mol. The van der Waals surface area contributed by atoms with Gasteiger partial charge in [0.25, 0.3) is 0 Å². The van der Waals surface area contributed by atoms with Crippen molar-refractivity contribution in [2.75, 3.05) is 0 Å². The Balaban J connectivity index is 4.25. The quantitative estimate of drug-likeness (QED) is 0.350. The van der Waals surface area contributed by atoms with E-state index in [1.807, 2.05) is 0 Å². The van der Waals surface area contributed by atoms with Gasteiger partial charge in [0.2, 0.25) is 0 Å². The fourth-order valence-electron chi connectivity index (χ4n) is 0. The topological polar surface area (TPSA) is 0 Å². The molecule has 0 aliphatic rings. The van der Waals surface area contributed by atoms with Crippen molar-refractivity contribution >= 4 is 57.6 Å². The molecule has 0 fully saturated rings. The van der Waals surface area contributed by atoms with E-state index in [1.165, 1.54) is 5.43 Å². The van der Waals surface area contributed by atoms with Gasteiger partial charge < -0.3 is 0 Å². The van der Waals surface area contributed by atoms with Gasteiger partial charge in [-0.1, -0.05) is 0 Å². The van der Waals surface area contributed by atoms with Crippen LogP contribution in [0.15, 0.2) is 0 Å². The van der Waals surface area contributed by atoms with Crippen LogP contribution in [0.25, 0.3) is 0 Å². The summed E-state index contributed by atoms with van der Waals surface area (Å²) in [6, 6.07) is -1.61. The first kappa shape index (κ1) is 7.42. The van der Waals surface area contributed by atoms with Crippen LogP contribution in [0.2, 0.25) is 0 Å². The molecule has 0 aliphatic heterocycles. The molecule has 34 valence electrons. The van der Waals surface area contributed by atoms with Crippen LogP contribution in [0.1, 0.15) is 0 Å². The Morgan fingerprint density at radius 3 is 1.67 bits per heavy atom. The maximum atomic E-state index is 4.59. The second-order valence-electron chi connectivity index (χ2n) is 0.611. The minimum absolute atomic E-state index is 1.35. The fraction of sp³-hybridized carbons (Fsp3) is 0. The molecule has 0 rings (SSSR count). The van der Waals surface area contributed by atoms with Crippen molar-refractivity contribution in [2.45, 2.75) is 0 Å². The van der Waals surface area contributed by atoms with Gasteiger partial charge in [-0.05, 0) is 0 Å². The molecule has 0 saturated carbocycles. The van der Waals surface area contributed by atoms with E-state index in [9.17, 15) is 0 Å². The summed E-state index contributed by atoms with van der Waals surface area (Å²) < 4.78 is 0. The molecule has 0 unspecified atom stereocenters. The summed E-state index contributed by atoms with van der Waals surface area (Å²) in [5.74, 6) is 0. The average Bonchev–Trinajstić information content (AvgIpc) is 1.35. The van der Waals surface area contributed by atoms with Crippen molar-refractivity contribution in [1.82, 2.24) is 0 Å². The first-order valence-electron chi connectivity index (χ1n) is 0.987. The summed E-state index contributed by atoms with van der Waals surface area (Å²) in [6.45, 7) is 0. The fourth-order valence-corrected chi connectivity index (χ4v) is 0. The zero-order chi connectivity index (χ0) is 5.21. The molecule has 0 N–H and O–H groups in total. The van der Waals surface area contributed by atoms with E-state index in [0.29, 0.717) is 0 Å². The van der Waals surface area contributed by atoms with Gasteiger partial charge in [-0.15, -0.1) is 0 Å². The maximum absolute atomic E-state index is 4.59. The zero-order valence-corrected chi connectivity index (χ0v) is 6.82. The van der Waals surface area contributed by atoms with Gasteiger partial charge in [-0.25, -0.2) is 0 Å². The average molecular weight is 172 g/mol. The van der Waals surface area contributed by atoms with Crippen LogP contribution in [-0.2, 0) is 28.4 Å². The SMILES string of the molecule is S=BS(=S)(=S)S. The molecule has 0 radical (unpaired) electrons. The molecular formula is HBS5. The van der Waals surface area contributed by atoms with E-state index in [2.05, 4.69) is 46.1 Å². The Bertz CT molecular complexity index is 114. The molecule has 0 nitrogen and oxygen atoms in total. The van der Waals surface area contributed by atoms with Crippen molar-refractivity contribution in [3.05, 3.63) is 0 Å². The van der Waals surface area contributed by atoms with Crippen LogP contribution in [-0.4, -0.2) is 5.43 Å². The second kappa shape index (κ2) is 2.66. The van der Waals surface area contributed by atoms with E-state index in [0.717, 1.165) is 0 Å². The van der Waals surface area contributed by atoms with Crippen molar-refractivity contribution in [3.63, 3.8) is 0 Å². The first-order chi connectivity index (χ1) is 2.56. The van der Waals surface area contributed by atoms with E-state index in [4.69, 9.17) is 0 Å². The number of hydrogen-bond acceptors (Lipinski definition) is 3. The second-order valence-corrected chi connectivity index (χ2v) is 9.41. The summed E-state index contributed by atoms with van der Waals surface area (Å²) in [4.78, 5) is 0. The third-order valence-corrected chi connectivity index (χ3v) is 3.28. The van der Waals surface area contributed by atoms with Crippen LogP contribution < -0.4 is 0 Å². The zero-order valence-electron chi connectivity index (χ0n) is 2.66. The van der Waals surface area contributed by atoms with E-state index >= 15 is 0 Å². The summed E-state index contributed by atoms with van der Waals surface area (Å²) in [5, 5.41) is 0. The van der Waals surface area contributed by atoms with Gasteiger partial charge in [0.05, 0.1) is 0 Å². The Labute approximate surface area is 57.3 Å². The molecule has 0 spiro atoms. The van der Waals surface area contributed by atoms with Crippen LogP contribution in [0.3, 0.4) is 0 Å². The Hall–Kier alpha value is 1.42. The summed E-state index contributed by atoms with van der Waals surface area (Å²) in [6.07, 6.45) is 0. The van der Waals surface area contributed by atoms with Crippen molar-refractivity contribution in [3.8, 4) is 0 Å². The van der Waals surface area contributed by atoms with Gasteiger partial charge in [-0.2, -0.15) is 0 Å².